The minimum atomic E-state index is -0.366. The Morgan fingerprint density at radius 3 is 2.21 bits per heavy atom. The summed E-state index contributed by atoms with van der Waals surface area (Å²) in [5, 5.41) is 25.8. The van der Waals surface area contributed by atoms with Gasteiger partial charge in [0.2, 0.25) is 0 Å². The Bertz CT molecular complexity index is 1150. The summed E-state index contributed by atoms with van der Waals surface area (Å²) in [5.74, 6) is -0.881. The number of nitrogens with zero attached hydrogens (tertiary/aromatic N) is 2. The fraction of sp³-hybridized carbons (Fsp3) is 0. The smallest absolute Gasteiger partial charge is 0.281 e. The van der Waals surface area contributed by atoms with Crippen LogP contribution in [0.5, 0.6) is 11.5 Å². The summed E-state index contributed by atoms with van der Waals surface area (Å²) in [6.07, 6.45) is 1.61. The van der Waals surface area contributed by atoms with Gasteiger partial charge in [0.15, 0.2) is 11.5 Å². The maximum Gasteiger partial charge on any atom is 0.281 e. The zero-order valence-electron chi connectivity index (χ0n) is 14.9. The number of benzene rings is 3. The minimum absolute atomic E-state index is 0.239. The van der Waals surface area contributed by atoms with Gasteiger partial charge in [-0.2, -0.15) is 10.1 Å². The van der Waals surface area contributed by atoms with Crippen LogP contribution in [0.1, 0.15) is 11.1 Å². The van der Waals surface area contributed by atoms with E-state index in [1.54, 1.807) is 30.3 Å². The highest BCUT2D eigenvalue weighted by Crippen LogP contribution is 2.32. The van der Waals surface area contributed by atoms with Gasteiger partial charge < -0.3 is 10.2 Å². The largest absolute Gasteiger partial charge is 0.504 e. The van der Waals surface area contributed by atoms with Gasteiger partial charge in [-0.3, -0.25) is 4.79 Å². The molecule has 1 heterocycles. The second-order valence-electron chi connectivity index (χ2n) is 6.37. The Morgan fingerprint density at radius 2 is 1.55 bits per heavy atom. The molecule has 0 aliphatic carbocycles. The first-order valence-corrected chi connectivity index (χ1v) is 9.36. The van der Waals surface area contributed by atoms with Crippen LogP contribution in [0.2, 0.25) is 10.0 Å². The average molecular weight is 425 g/mol. The number of phenols is 2. The van der Waals surface area contributed by atoms with Crippen molar-refractivity contribution in [3.05, 3.63) is 93.5 Å². The molecular weight excluding hydrogens is 411 g/mol. The predicted octanol–water partition coefficient (Wildman–Crippen LogP) is 5.24. The maximum absolute atomic E-state index is 13.2. The number of hydrazone groups is 1. The second-order valence-corrected chi connectivity index (χ2v) is 7.24. The molecule has 29 heavy (non-hydrogen) atoms. The van der Waals surface area contributed by atoms with Crippen LogP contribution in [0.25, 0.3) is 6.08 Å². The Balaban J connectivity index is 1.85. The first-order chi connectivity index (χ1) is 13.9. The lowest BCUT2D eigenvalue weighted by atomic mass is 10.00. The van der Waals surface area contributed by atoms with Gasteiger partial charge in [-0.05, 0) is 42.0 Å². The molecule has 1 aliphatic rings. The lowest BCUT2D eigenvalue weighted by Gasteiger charge is -2.12. The number of hydrogen-bond donors (Lipinski definition) is 2. The lowest BCUT2D eigenvalue weighted by molar-refractivity contribution is -0.114. The Morgan fingerprint density at radius 1 is 0.862 bits per heavy atom. The van der Waals surface area contributed by atoms with Gasteiger partial charge >= 0.3 is 0 Å². The molecule has 0 spiro atoms. The van der Waals surface area contributed by atoms with Gasteiger partial charge in [0.05, 0.1) is 11.3 Å². The molecule has 2 N–H and O–H groups in total. The van der Waals surface area contributed by atoms with Crippen molar-refractivity contribution in [2.24, 2.45) is 5.10 Å². The fourth-order valence-corrected chi connectivity index (χ4v) is 3.50. The SMILES string of the molecule is O=C1C(=Cc2ccc(O)c(O)c2)C(c2ccccc2)=NN1c1cc(Cl)cc(Cl)c1. The Labute approximate surface area is 176 Å². The normalized spacial score (nSPS) is 15.1. The number of anilines is 1. The van der Waals surface area contributed by atoms with E-state index in [0.29, 0.717) is 32.6 Å². The third kappa shape index (κ3) is 3.83. The summed E-state index contributed by atoms with van der Waals surface area (Å²) < 4.78 is 0. The van der Waals surface area contributed by atoms with Gasteiger partial charge in [-0.1, -0.05) is 59.6 Å². The van der Waals surface area contributed by atoms with E-state index >= 15 is 0 Å². The summed E-state index contributed by atoms with van der Waals surface area (Å²) in [5.41, 5.74) is 2.54. The van der Waals surface area contributed by atoms with Crippen LogP contribution in [0, 0.1) is 0 Å². The number of aromatic hydroxyl groups is 2. The summed E-state index contributed by atoms with van der Waals surface area (Å²) in [6.45, 7) is 0. The second kappa shape index (κ2) is 7.62. The fourth-order valence-electron chi connectivity index (χ4n) is 2.99. The molecule has 3 aromatic rings. The van der Waals surface area contributed by atoms with Crippen LogP contribution in [0.3, 0.4) is 0 Å². The third-order valence-corrected chi connectivity index (χ3v) is 4.76. The maximum atomic E-state index is 13.2. The number of phenolic OH excluding ortho intramolecular Hbond substituents is 2. The first-order valence-electron chi connectivity index (χ1n) is 8.61. The zero-order chi connectivity index (χ0) is 20.5. The van der Waals surface area contributed by atoms with E-state index in [2.05, 4.69) is 5.10 Å². The first kappa shape index (κ1) is 19.1. The lowest BCUT2D eigenvalue weighted by Crippen LogP contribution is -2.21. The average Bonchev–Trinajstić information content (AvgIpc) is 3.01. The van der Waals surface area contributed by atoms with Crippen LogP contribution in [0.4, 0.5) is 5.69 Å². The van der Waals surface area contributed by atoms with Crippen molar-refractivity contribution in [1.82, 2.24) is 0 Å². The topological polar surface area (TPSA) is 73.1 Å². The van der Waals surface area contributed by atoms with Crippen LogP contribution in [-0.4, -0.2) is 21.8 Å². The molecule has 0 bridgehead atoms. The highest BCUT2D eigenvalue weighted by atomic mass is 35.5. The van der Waals surface area contributed by atoms with Crippen LogP contribution >= 0.6 is 23.2 Å². The molecule has 1 amide bonds. The summed E-state index contributed by atoms with van der Waals surface area (Å²) in [6, 6.07) is 18.4. The molecule has 4 rings (SSSR count). The van der Waals surface area contributed by atoms with Crippen molar-refractivity contribution in [3.8, 4) is 11.5 Å². The molecule has 0 aromatic heterocycles. The molecule has 0 saturated heterocycles. The predicted molar refractivity (Wildman–Crippen MR) is 115 cm³/mol. The number of rotatable bonds is 3. The van der Waals surface area contributed by atoms with Crippen molar-refractivity contribution in [1.29, 1.82) is 0 Å². The molecule has 0 fully saturated rings. The zero-order valence-corrected chi connectivity index (χ0v) is 16.4. The van der Waals surface area contributed by atoms with E-state index in [-0.39, 0.29) is 17.4 Å². The highest BCUT2D eigenvalue weighted by molar-refractivity contribution is 6.38. The van der Waals surface area contributed by atoms with E-state index in [1.807, 2.05) is 30.3 Å². The highest BCUT2D eigenvalue weighted by Gasteiger charge is 2.32. The Kier molecular flexibility index (Phi) is 5.01. The molecule has 0 saturated carbocycles. The summed E-state index contributed by atoms with van der Waals surface area (Å²) >= 11 is 12.2. The van der Waals surface area contributed by atoms with Crippen LogP contribution in [-0.2, 0) is 4.79 Å². The third-order valence-electron chi connectivity index (χ3n) is 4.33. The van der Waals surface area contributed by atoms with E-state index in [0.717, 1.165) is 5.56 Å². The van der Waals surface area contributed by atoms with Crippen LogP contribution in [0.15, 0.2) is 77.4 Å². The van der Waals surface area contributed by atoms with Crippen molar-refractivity contribution < 1.29 is 15.0 Å². The molecule has 0 radical (unpaired) electrons. The van der Waals surface area contributed by atoms with Gasteiger partial charge in [-0.25, -0.2) is 0 Å². The molecule has 144 valence electrons. The van der Waals surface area contributed by atoms with Gasteiger partial charge in [-0.15, -0.1) is 0 Å². The van der Waals surface area contributed by atoms with E-state index < -0.39 is 0 Å². The van der Waals surface area contributed by atoms with Crippen molar-refractivity contribution in [2.75, 3.05) is 5.01 Å². The molecule has 0 atom stereocenters. The van der Waals surface area contributed by atoms with Gasteiger partial charge in [0.1, 0.15) is 5.71 Å². The quantitative estimate of drug-likeness (QED) is 0.445. The number of halogens is 2. The molecular formula is C22H14Cl2N2O3. The van der Waals surface area contributed by atoms with Crippen LogP contribution < -0.4 is 5.01 Å². The molecule has 5 nitrogen and oxygen atoms in total. The number of carbonyl (C=O) groups is 1. The van der Waals surface area contributed by atoms with E-state index in [9.17, 15) is 15.0 Å². The molecule has 3 aromatic carbocycles. The monoisotopic (exact) mass is 424 g/mol. The van der Waals surface area contributed by atoms with Gasteiger partial charge in [0, 0.05) is 15.6 Å². The van der Waals surface area contributed by atoms with Crippen molar-refractivity contribution in [2.45, 2.75) is 0 Å². The Hall–Kier alpha value is -3.28. The molecule has 1 aliphatic heterocycles. The number of hydrogen-bond acceptors (Lipinski definition) is 4. The number of amides is 1. The van der Waals surface area contributed by atoms with Crippen molar-refractivity contribution in [3.63, 3.8) is 0 Å². The van der Waals surface area contributed by atoms with Crippen molar-refractivity contribution >= 4 is 46.6 Å². The molecule has 0 unspecified atom stereocenters. The number of carbonyl (C=O) groups excluding carboxylic acids is 1. The van der Waals surface area contributed by atoms with E-state index in [1.165, 1.54) is 17.1 Å². The van der Waals surface area contributed by atoms with Gasteiger partial charge in [0.25, 0.3) is 5.91 Å². The molecule has 7 heteroatoms. The summed E-state index contributed by atoms with van der Waals surface area (Å²) in [4.78, 5) is 13.2. The summed E-state index contributed by atoms with van der Waals surface area (Å²) in [7, 11) is 0. The van der Waals surface area contributed by atoms with E-state index in [4.69, 9.17) is 23.2 Å². The standard InChI is InChI=1S/C22H14Cl2N2O3/c23-15-10-16(24)12-17(11-15)26-22(29)18(8-13-6-7-19(27)20(28)9-13)21(25-26)14-4-2-1-3-5-14/h1-12,27-28H. The minimum Gasteiger partial charge on any atom is -0.504 e.